The molecule has 0 unspecified atom stereocenters. The maximum Gasteiger partial charge on any atom is 0.0458 e. The number of nitrogens with one attached hydrogen (secondary N) is 1. The minimum absolute atomic E-state index is 0.844. The first-order chi connectivity index (χ1) is 8.33. The lowest BCUT2D eigenvalue weighted by Crippen LogP contribution is -2.28. The Labute approximate surface area is 102 Å². The highest BCUT2D eigenvalue weighted by Gasteiger charge is 2.12. The summed E-state index contributed by atoms with van der Waals surface area (Å²) in [4.78, 5) is 5.86. The van der Waals surface area contributed by atoms with Crippen LogP contribution in [0.1, 0.15) is 24.8 Å². The topological polar surface area (TPSA) is 45.1 Å². The van der Waals surface area contributed by atoms with E-state index in [-0.39, 0.29) is 0 Å². The third-order valence-corrected chi connectivity index (χ3v) is 3.63. The number of nitrogens with zero attached hydrogens (tertiary/aromatic N) is 1. The lowest BCUT2D eigenvalue weighted by molar-refractivity contribution is 0.221. The molecule has 2 heterocycles. The quantitative estimate of drug-likeness (QED) is 0.778. The van der Waals surface area contributed by atoms with E-state index in [1.807, 2.05) is 6.07 Å². The van der Waals surface area contributed by atoms with Crippen molar-refractivity contribution in [1.29, 1.82) is 0 Å². The van der Waals surface area contributed by atoms with Crippen LogP contribution in [0.5, 0.6) is 0 Å². The van der Waals surface area contributed by atoms with E-state index in [2.05, 4.69) is 28.2 Å². The molecule has 3 nitrogen and oxygen atoms in total. The van der Waals surface area contributed by atoms with E-state index in [9.17, 15) is 0 Å². The molecule has 0 spiro atoms. The molecule has 1 aliphatic heterocycles. The first-order valence-electron chi connectivity index (χ1n) is 6.41. The molecule has 3 heteroatoms. The molecule has 0 radical (unpaired) electrons. The van der Waals surface area contributed by atoms with Crippen LogP contribution in [0.2, 0.25) is 0 Å². The van der Waals surface area contributed by atoms with Crippen LogP contribution in [0.25, 0.3) is 10.9 Å². The van der Waals surface area contributed by atoms with E-state index in [0.29, 0.717) is 0 Å². The number of hydrogen-bond donors (Lipinski definition) is 2. The van der Waals surface area contributed by atoms with Gasteiger partial charge in [0, 0.05) is 29.3 Å². The lowest BCUT2D eigenvalue weighted by Gasteiger charge is -2.26. The van der Waals surface area contributed by atoms with Gasteiger partial charge in [0.25, 0.3) is 0 Å². The molecule has 3 N–H and O–H groups in total. The summed E-state index contributed by atoms with van der Waals surface area (Å²) >= 11 is 0. The fraction of sp³-hybridized carbons (Fsp3) is 0.429. The van der Waals surface area contributed by atoms with Gasteiger partial charge in [0.15, 0.2) is 0 Å². The second-order valence-electron chi connectivity index (χ2n) is 4.96. The number of likely N-dealkylation sites (tertiary alicyclic amines) is 1. The van der Waals surface area contributed by atoms with E-state index in [0.717, 1.165) is 12.2 Å². The van der Waals surface area contributed by atoms with Crippen molar-refractivity contribution in [2.45, 2.75) is 25.8 Å². The van der Waals surface area contributed by atoms with Gasteiger partial charge in [-0.3, -0.25) is 4.90 Å². The standard InChI is InChI=1S/C14H19N3/c15-12-4-5-14-13(8-12)11(9-16-14)10-17-6-2-1-3-7-17/h4-5,8-9,16H,1-3,6-7,10,15H2. The molecule has 0 bridgehead atoms. The zero-order valence-corrected chi connectivity index (χ0v) is 10.1. The van der Waals surface area contributed by atoms with Crippen LogP contribution in [-0.2, 0) is 6.54 Å². The summed E-state index contributed by atoms with van der Waals surface area (Å²) in [7, 11) is 0. The average molecular weight is 229 g/mol. The Bertz CT molecular complexity index is 509. The summed E-state index contributed by atoms with van der Waals surface area (Å²) in [6.45, 7) is 3.51. The molecule has 17 heavy (non-hydrogen) atoms. The molecule has 0 saturated carbocycles. The summed E-state index contributed by atoms with van der Waals surface area (Å²) in [6, 6.07) is 6.08. The van der Waals surface area contributed by atoms with Crippen LogP contribution in [-0.4, -0.2) is 23.0 Å². The third kappa shape index (κ3) is 2.15. The summed E-state index contributed by atoms with van der Waals surface area (Å²) < 4.78 is 0. The van der Waals surface area contributed by atoms with Crippen molar-refractivity contribution in [1.82, 2.24) is 9.88 Å². The molecule has 1 aromatic carbocycles. The zero-order valence-electron chi connectivity index (χ0n) is 10.1. The van der Waals surface area contributed by atoms with Gasteiger partial charge in [-0.1, -0.05) is 6.42 Å². The number of hydrogen-bond acceptors (Lipinski definition) is 2. The Morgan fingerprint density at radius 2 is 2.00 bits per heavy atom. The number of benzene rings is 1. The van der Waals surface area contributed by atoms with Crippen molar-refractivity contribution < 1.29 is 0 Å². The Kier molecular flexibility index (Phi) is 2.77. The first kappa shape index (κ1) is 10.7. The number of H-pyrrole nitrogens is 1. The van der Waals surface area contributed by atoms with Gasteiger partial charge in [0.2, 0.25) is 0 Å². The molecule has 3 rings (SSSR count). The molecule has 0 atom stereocenters. The molecule has 0 aliphatic carbocycles. The first-order valence-corrected chi connectivity index (χ1v) is 6.41. The van der Waals surface area contributed by atoms with Crippen molar-refractivity contribution >= 4 is 16.6 Å². The van der Waals surface area contributed by atoms with Gasteiger partial charge in [-0.05, 0) is 49.7 Å². The van der Waals surface area contributed by atoms with Crippen LogP contribution >= 0.6 is 0 Å². The van der Waals surface area contributed by atoms with Crippen molar-refractivity contribution in [3.63, 3.8) is 0 Å². The van der Waals surface area contributed by atoms with Crippen LogP contribution in [0.4, 0.5) is 5.69 Å². The number of nitrogens with two attached hydrogens (primary N) is 1. The van der Waals surface area contributed by atoms with Crippen molar-refractivity contribution in [3.05, 3.63) is 30.0 Å². The third-order valence-electron chi connectivity index (χ3n) is 3.63. The van der Waals surface area contributed by atoms with Crippen LogP contribution in [0.15, 0.2) is 24.4 Å². The predicted molar refractivity (Wildman–Crippen MR) is 71.8 cm³/mol. The van der Waals surface area contributed by atoms with E-state index < -0.39 is 0 Å². The number of rotatable bonds is 2. The van der Waals surface area contributed by atoms with Crippen molar-refractivity contribution in [3.8, 4) is 0 Å². The second kappa shape index (κ2) is 4.41. The Hall–Kier alpha value is -1.48. The molecule has 0 amide bonds. The van der Waals surface area contributed by atoms with Crippen LogP contribution < -0.4 is 5.73 Å². The SMILES string of the molecule is Nc1ccc2[nH]cc(CN3CCCCC3)c2c1. The van der Waals surface area contributed by atoms with Crippen LogP contribution in [0.3, 0.4) is 0 Å². The number of fused-ring (bicyclic) bond motifs is 1. The predicted octanol–water partition coefficient (Wildman–Crippen LogP) is 2.74. The summed E-state index contributed by atoms with van der Waals surface area (Å²) in [5.41, 5.74) is 9.26. The number of piperidine rings is 1. The highest BCUT2D eigenvalue weighted by atomic mass is 15.1. The number of nitrogen functional groups attached to an aromatic ring is 1. The van der Waals surface area contributed by atoms with Crippen LogP contribution in [0, 0.1) is 0 Å². The Morgan fingerprint density at radius 3 is 2.82 bits per heavy atom. The fourth-order valence-electron chi connectivity index (χ4n) is 2.69. The lowest BCUT2D eigenvalue weighted by atomic mass is 10.1. The van der Waals surface area contributed by atoms with Crippen molar-refractivity contribution in [2.24, 2.45) is 0 Å². The average Bonchev–Trinajstić information content (AvgIpc) is 2.73. The molecule has 1 aliphatic rings. The monoisotopic (exact) mass is 229 g/mol. The molecule has 90 valence electrons. The summed E-state index contributed by atoms with van der Waals surface area (Å²) in [6.07, 6.45) is 6.19. The van der Waals surface area contributed by atoms with Gasteiger partial charge in [0.1, 0.15) is 0 Å². The van der Waals surface area contributed by atoms with Gasteiger partial charge < -0.3 is 10.7 Å². The molecular formula is C14H19N3. The summed E-state index contributed by atoms with van der Waals surface area (Å²) in [5.74, 6) is 0. The van der Waals surface area contributed by atoms with Gasteiger partial charge in [0.05, 0.1) is 0 Å². The number of anilines is 1. The fourth-order valence-corrected chi connectivity index (χ4v) is 2.69. The van der Waals surface area contributed by atoms with E-state index in [1.165, 1.54) is 48.8 Å². The minimum Gasteiger partial charge on any atom is -0.399 e. The van der Waals surface area contributed by atoms with Crippen molar-refractivity contribution in [2.75, 3.05) is 18.8 Å². The van der Waals surface area contributed by atoms with Gasteiger partial charge in [-0.15, -0.1) is 0 Å². The second-order valence-corrected chi connectivity index (χ2v) is 4.96. The Balaban J connectivity index is 1.86. The minimum atomic E-state index is 0.844. The normalized spacial score (nSPS) is 17.6. The molecular weight excluding hydrogens is 210 g/mol. The van der Waals surface area contributed by atoms with E-state index >= 15 is 0 Å². The molecule has 2 aromatic rings. The maximum absolute atomic E-state index is 5.86. The highest BCUT2D eigenvalue weighted by molar-refractivity contribution is 5.86. The zero-order chi connectivity index (χ0) is 11.7. The molecule has 1 aromatic heterocycles. The van der Waals surface area contributed by atoms with E-state index in [1.54, 1.807) is 0 Å². The highest BCUT2D eigenvalue weighted by Crippen LogP contribution is 2.23. The summed E-state index contributed by atoms with van der Waals surface area (Å²) in [5, 5.41) is 1.27. The number of aromatic amines is 1. The van der Waals surface area contributed by atoms with Gasteiger partial charge >= 0.3 is 0 Å². The Morgan fingerprint density at radius 1 is 1.18 bits per heavy atom. The largest absolute Gasteiger partial charge is 0.399 e. The molecule has 1 saturated heterocycles. The maximum atomic E-state index is 5.86. The van der Waals surface area contributed by atoms with Gasteiger partial charge in [-0.2, -0.15) is 0 Å². The van der Waals surface area contributed by atoms with E-state index in [4.69, 9.17) is 5.73 Å². The van der Waals surface area contributed by atoms with Gasteiger partial charge in [-0.25, -0.2) is 0 Å². The smallest absolute Gasteiger partial charge is 0.0458 e. The molecule has 1 fully saturated rings. The number of aromatic nitrogens is 1.